The summed E-state index contributed by atoms with van der Waals surface area (Å²) in [6.45, 7) is -0.699. The molecule has 0 aliphatic carbocycles. The predicted octanol–water partition coefficient (Wildman–Crippen LogP) is 3.16. The molecule has 0 atom stereocenters. The fraction of sp³-hybridized carbons (Fsp3) is 0.400. The van der Waals surface area contributed by atoms with E-state index in [2.05, 4.69) is 15.9 Å². The van der Waals surface area contributed by atoms with Gasteiger partial charge in [0.05, 0.1) is 11.3 Å². The molecule has 108 valence electrons. The van der Waals surface area contributed by atoms with Gasteiger partial charge in [0, 0.05) is 18.1 Å². The van der Waals surface area contributed by atoms with E-state index >= 15 is 0 Å². The van der Waals surface area contributed by atoms with Crippen molar-refractivity contribution in [3.8, 4) is 0 Å². The van der Waals surface area contributed by atoms with Gasteiger partial charge in [-0.3, -0.25) is 0 Å². The van der Waals surface area contributed by atoms with Gasteiger partial charge in [0.25, 0.3) is 0 Å². The average Bonchev–Trinajstić information content (AvgIpc) is 2.24. The number of halogens is 5. The van der Waals surface area contributed by atoms with Crippen LogP contribution in [0.25, 0.3) is 0 Å². The van der Waals surface area contributed by atoms with E-state index in [-0.39, 0.29) is 9.37 Å². The monoisotopic (exact) mass is 363 g/mol. The van der Waals surface area contributed by atoms with Crippen LogP contribution in [-0.4, -0.2) is 32.5 Å². The smallest absolute Gasteiger partial charge is 0.207 e. The highest BCUT2D eigenvalue weighted by molar-refractivity contribution is 9.10. The van der Waals surface area contributed by atoms with Gasteiger partial charge in [-0.05, 0) is 34.1 Å². The van der Waals surface area contributed by atoms with Gasteiger partial charge in [0.2, 0.25) is 10.0 Å². The first-order valence-electron chi connectivity index (χ1n) is 5.02. The second-order valence-electron chi connectivity index (χ2n) is 3.77. The summed E-state index contributed by atoms with van der Waals surface area (Å²) >= 11 is 2.87. The molecule has 0 aliphatic rings. The topological polar surface area (TPSA) is 37.4 Å². The maximum Gasteiger partial charge on any atom is 0.390 e. The Kier molecular flexibility index (Phi) is 4.97. The van der Waals surface area contributed by atoms with Crippen LogP contribution in [0.3, 0.4) is 0 Å². The van der Waals surface area contributed by atoms with Crippen molar-refractivity contribution < 1.29 is 26.0 Å². The summed E-state index contributed by atoms with van der Waals surface area (Å²) in [5.74, 6) is -0.649. The summed E-state index contributed by atoms with van der Waals surface area (Å²) in [6.07, 6.45) is -5.69. The molecule has 3 nitrogen and oxygen atoms in total. The van der Waals surface area contributed by atoms with Crippen LogP contribution < -0.4 is 0 Å². The van der Waals surface area contributed by atoms with Crippen LogP contribution >= 0.6 is 15.9 Å². The summed E-state index contributed by atoms with van der Waals surface area (Å²) in [7, 11) is -3.05. The molecule has 0 amide bonds. The Labute approximate surface area is 116 Å². The first-order chi connectivity index (χ1) is 8.54. The van der Waals surface area contributed by atoms with Gasteiger partial charge in [0.1, 0.15) is 5.82 Å². The Balaban J connectivity index is 2.97. The normalized spacial score (nSPS) is 13.0. The summed E-state index contributed by atoms with van der Waals surface area (Å²) in [5.41, 5.74) is 0. The number of hydrogen-bond acceptors (Lipinski definition) is 2. The maximum absolute atomic E-state index is 12.9. The van der Waals surface area contributed by atoms with E-state index in [1.54, 1.807) is 0 Å². The molecular formula is C10H10BrF4NO2S. The highest BCUT2D eigenvalue weighted by atomic mass is 79.9. The van der Waals surface area contributed by atoms with E-state index in [4.69, 9.17) is 0 Å². The lowest BCUT2D eigenvalue weighted by atomic mass is 10.3. The first kappa shape index (κ1) is 16.4. The van der Waals surface area contributed by atoms with Crippen molar-refractivity contribution >= 4 is 26.0 Å². The van der Waals surface area contributed by atoms with Crippen molar-refractivity contribution in [2.45, 2.75) is 17.5 Å². The van der Waals surface area contributed by atoms with Crippen LogP contribution in [0.5, 0.6) is 0 Å². The molecule has 0 spiro atoms. The van der Waals surface area contributed by atoms with E-state index in [9.17, 15) is 26.0 Å². The molecule has 1 rings (SSSR count). The molecule has 0 aliphatic heterocycles. The minimum Gasteiger partial charge on any atom is -0.207 e. The summed E-state index contributed by atoms with van der Waals surface area (Å²) in [4.78, 5) is -0.279. The number of nitrogens with zero attached hydrogens (tertiary/aromatic N) is 1. The molecule has 0 unspecified atom stereocenters. The summed E-state index contributed by atoms with van der Waals surface area (Å²) in [6, 6.07) is 2.86. The molecule has 0 fully saturated rings. The lowest BCUT2D eigenvalue weighted by Gasteiger charge is -2.18. The van der Waals surface area contributed by atoms with Crippen LogP contribution in [0.4, 0.5) is 17.6 Å². The van der Waals surface area contributed by atoms with Gasteiger partial charge in [-0.25, -0.2) is 17.1 Å². The molecular weight excluding hydrogens is 354 g/mol. The third-order valence-electron chi connectivity index (χ3n) is 2.29. The highest BCUT2D eigenvalue weighted by Gasteiger charge is 2.31. The molecule has 1 aromatic carbocycles. The Hall–Kier alpha value is -0.670. The Morgan fingerprint density at radius 1 is 1.32 bits per heavy atom. The van der Waals surface area contributed by atoms with Crippen LogP contribution in [0.15, 0.2) is 27.6 Å². The molecule has 9 heteroatoms. The van der Waals surface area contributed by atoms with Crippen molar-refractivity contribution in [1.29, 1.82) is 0 Å². The van der Waals surface area contributed by atoms with Crippen LogP contribution in [-0.2, 0) is 10.0 Å². The molecule has 0 radical (unpaired) electrons. The molecule has 0 aromatic heterocycles. The lowest BCUT2D eigenvalue weighted by molar-refractivity contribution is -0.135. The minimum atomic E-state index is -4.44. The van der Waals surface area contributed by atoms with E-state index in [0.29, 0.717) is 4.31 Å². The van der Waals surface area contributed by atoms with Gasteiger partial charge in [-0.15, -0.1) is 0 Å². The number of rotatable bonds is 4. The van der Waals surface area contributed by atoms with Crippen LogP contribution in [0.1, 0.15) is 6.42 Å². The SMILES string of the molecule is CN(CCC(F)(F)F)S(=O)(=O)c1ccc(F)cc1Br. The van der Waals surface area contributed by atoms with E-state index < -0.39 is 35.0 Å². The largest absolute Gasteiger partial charge is 0.390 e. The molecule has 0 heterocycles. The second-order valence-corrected chi connectivity index (χ2v) is 6.63. The molecule has 0 saturated carbocycles. The van der Waals surface area contributed by atoms with Gasteiger partial charge < -0.3 is 0 Å². The molecule has 1 aromatic rings. The Bertz CT molecular complexity index is 559. The predicted molar refractivity (Wildman–Crippen MR) is 64.6 cm³/mol. The average molecular weight is 364 g/mol. The third-order valence-corrected chi connectivity index (χ3v) is 5.13. The quantitative estimate of drug-likeness (QED) is 0.770. The minimum absolute atomic E-state index is 0.0358. The molecule has 0 bridgehead atoms. The Morgan fingerprint density at radius 2 is 1.89 bits per heavy atom. The Morgan fingerprint density at radius 3 is 2.37 bits per heavy atom. The van der Waals surface area contributed by atoms with Crippen LogP contribution in [0, 0.1) is 5.82 Å². The third kappa shape index (κ3) is 4.43. The number of benzene rings is 1. The van der Waals surface area contributed by atoms with Crippen molar-refractivity contribution in [1.82, 2.24) is 4.31 Å². The lowest BCUT2D eigenvalue weighted by Crippen LogP contribution is -2.30. The van der Waals surface area contributed by atoms with E-state index in [1.807, 2.05) is 0 Å². The zero-order valence-electron chi connectivity index (χ0n) is 9.71. The number of sulfonamides is 1. The summed E-state index contributed by atoms with van der Waals surface area (Å²) in [5, 5.41) is 0. The van der Waals surface area contributed by atoms with Gasteiger partial charge in [0.15, 0.2) is 0 Å². The van der Waals surface area contributed by atoms with E-state index in [0.717, 1.165) is 25.2 Å². The maximum atomic E-state index is 12.9. The van der Waals surface area contributed by atoms with Crippen molar-refractivity contribution in [3.63, 3.8) is 0 Å². The van der Waals surface area contributed by atoms with Crippen molar-refractivity contribution in [3.05, 3.63) is 28.5 Å². The van der Waals surface area contributed by atoms with E-state index in [1.165, 1.54) is 0 Å². The fourth-order valence-electron chi connectivity index (χ4n) is 1.26. The van der Waals surface area contributed by atoms with Crippen molar-refractivity contribution in [2.24, 2.45) is 0 Å². The van der Waals surface area contributed by atoms with Gasteiger partial charge in [-0.1, -0.05) is 0 Å². The number of hydrogen-bond donors (Lipinski definition) is 0. The molecule has 0 saturated heterocycles. The molecule has 19 heavy (non-hydrogen) atoms. The summed E-state index contributed by atoms with van der Waals surface area (Å²) < 4.78 is 73.5. The van der Waals surface area contributed by atoms with Gasteiger partial charge in [-0.2, -0.15) is 13.2 Å². The van der Waals surface area contributed by atoms with Gasteiger partial charge >= 0.3 is 6.18 Å². The molecule has 0 N–H and O–H groups in total. The van der Waals surface area contributed by atoms with Crippen molar-refractivity contribution in [2.75, 3.05) is 13.6 Å². The van der Waals surface area contributed by atoms with Crippen LogP contribution in [0.2, 0.25) is 0 Å². The first-order valence-corrected chi connectivity index (χ1v) is 7.25. The highest BCUT2D eigenvalue weighted by Crippen LogP contribution is 2.26. The second kappa shape index (κ2) is 5.76. The standard InChI is InChI=1S/C10H10BrF4NO2S/c1-16(5-4-10(13,14)15)19(17,18)9-3-2-7(12)6-8(9)11/h2-3,6H,4-5H2,1H3. The fourth-order valence-corrected chi connectivity index (χ4v) is 3.43. The number of alkyl halides is 3. The zero-order valence-corrected chi connectivity index (χ0v) is 12.1. The zero-order chi connectivity index (χ0) is 14.8.